The smallest absolute Gasteiger partial charge is 0.228 e. The third kappa shape index (κ3) is 3.78. The zero-order valence-electron chi connectivity index (χ0n) is 15.2. The predicted octanol–water partition coefficient (Wildman–Crippen LogP) is 3.83. The minimum atomic E-state index is -0.163. The summed E-state index contributed by atoms with van der Waals surface area (Å²) in [5.74, 6) is 0.549. The summed E-state index contributed by atoms with van der Waals surface area (Å²) < 4.78 is 5.31. The van der Waals surface area contributed by atoms with E-state index in [-0.39, 0.29) is 29.1 Å². The van der Waals surface area contributed by atoms with E-state index >= 15 is 0 Å². The lowest BCUT2D eigenvalue weighted by atomic mass is 10.1. The van der Waals surface area contributed by atoms with E-state index in [1.165, 1.54) is 12.5 Å². The first-order valence-corrected chi connectivity index (χ1v) is 8.08. The number of methoxy groups -OCH3 is 1. The van der Waals surface area contributed by atoms with Crippen LogP contribution in [0.1, 0.15) is 34.6 Å². The third-order valence-corrected chi connectivity index (χ3v) is 4.48. The third-order valence-electron chi connectivity index (χ3n) is 4.48. The van der Waals surface area contributed by atoms with E-state index in [2.05, 4.69) is 30.6 Å². The van der Waals surface area contributed by atoms with E-state index in [0.717, 1.165) is 0 Å². The molecule has 2 rings (SSSR count). The first kappa shape index (κ1) is 18.0. The molecule has 2 N–H and O–H groups in total. The summed E-state index contributed by atoms with van der Waals surface area (Å²) in [6.07, 6.45) is 2.16. The average Bonchev–Trinajstić information content (AvgIpc) is 2.98. The fraction of sp³-hybridized carbons (Fsp3) is 0.474. The largest absolute Gasteiger partial charge is 0.495 e. The summed E-state index contributed by atoms with van der Waals surface area (Å²) in [6, 6.07) is 5.18. The summed E-state index contributed by atoms with van der Waals surface area (Å²) in [7, 11) is 1.55. The number of hydrogen-bond donors (Lipinski definition) is 2. The van der Waals surface area contributed by atoms with Crippen LogP contribution < -0.4 is 15.4 Å². The highest BCUT2D eigenvalue weighted by Gasteiger charge is 2.60. The average molecular weight is 330 g/mol. The molecule has 2 amide bonds. The van der Waals surface area contributed by atoms with Gasteiger partial charge >= 0.3 is 0 Å². The van der Waals surface area contributed by atoms with Gasteiger partial charge in [0.2, 0.25) is 11.8 Å². The van der Waals surface area contributed by atoms with Crippen LogP contribution in [0.5, 0.6) is 5.75 Å². The van der Waals surface area contributed by atoms with Crippen LogP contribution in [0.2, 0.25) is 0 Å². The van der Waals surface area contributed by atoms with Crippen LogP contribution >= 0.6 is 0 Å². The van der Waals surface area contributed by atoms with Crippen molar-refractivity contribution >= 4 is 23.2 Å². The second-order valence-electron chi connectivity index (χ2n) is 7.15. The molecule has 1 fully saturated rings. The number of amides is 2. The Kier molecular flexibility index (Phi) is 5.02. The van der Waals surface area contributed by atoms with Crippen molar-refractivity contribution in [3.8, 4) is 5.75 Å². The molecule has 1 saturated carbocycles. The van der Waals surface area contributed by atoms with Gasteiger partial charge in [0.25, 0.3) is 0 Å². The zero-order valence-corrected chi connectivity index (χ0v) is 15.2. The first-order chi connectivity index (χ1) is 11.2. The zero-order chi connectivity index (χ0) is 18.1. The minimum Gasteiger partial charge on any atom is -0.495 e. The number of allylic oxidation sites excluding steroid dienone is 2. The Morgan fingerprint density at radius 3 is 2.38 bits per heavy atom. The van der Waals surface area contributed by atoms with Gasteiger partial charge in [-0.05, 0) is 43.4 Å². The maximum absolute atomic E-state index is 12.7. The molecule has 1 aromatic rings. The van der Waals surface area contributed by atoms with Crippen molar-refractivity contribution in [3.63, 3.8) is 0 Å². The van der Waals surface area contributed by atoms with Crippen LogP contribution in [-0.4, -0.2) is 18.9 Å². The van der Waals surface area contributed by atoms with Crippen molar-refractivity contribution in [2.45, 2.75) is 34.6 Å². The van der Waals surface area contributed by atoms with E-state index in [4.69, 9.17) is 4.74 Å². The summed E-state index contributed by atoms with van der Waals surface area (Å²) in [5, 5.41) is 5.66. The van der Waals surface area contributed by atoms with Gasteiger partial charge in [0.05, 0.1) is 18.7 Å². The van der Waals surface area contributed by atoms with Gasteiger partial charge in [-0.15, -0.1) is 0 Å². The molecule has 2 atom stereocenters. The van der Waals surface area contributed by atoms with Crippen molar-refractivity contribution in [1.29, 1.82) is 0 Å². The molecule has 1 aliphatic rings. The lowest BCUT2D eigenvalue weighted by Gasteiger charge is -2.13. The molecule has 5 nitrogen and oxygen atoms in total. The fourth-order valence-electron chi connectivity index (χ4n) is 3.15. The Bertz CT molecular complexity index is 688. The lowest BCUT2D eigenvalue weighted by Crippen LogP contribution is -2.17. The van der Waals surface area contributed by atoms with E-state index < -0.39 is 0 Å². The van der Waals surface area contributed by atoms with Crippen molar-refractivity contribution < 1.29 is 14.3 Å². The summed E-state index contributed by atoms with van der Waals surface area (Å²) in [4.78, 5) is 23.9. The van der Waals surface area contributed by atoms with E-state index in [9.17, 15) is 9.59 Å². The monoisotopic (exact) mass is 330 g/mol. The molecule has 0 heterocycles. The summed E-state index contributed by atoms with van der Waals surface area (Å²) in [5.41, 5.74) is 2.35. The first-order valence-electron chi connectivity index (χ1n) is 8.08. The van der Waals surface area contributed by atoms with Crippen LogP contribution in [0.15, 0.2) is 29.8 Å². The molecule has 5 heteroatoms. The van der Waals surface area contributed by atoms with Gasteiger partial charge in [0.1, 0.15) is 5.75 Å². The molecule has 24 heavy (non-hydrogen) atoms. The van der Waals surface area contributed by atoms with Crippen LogP contribution in [0.3, 0.4) is 0 Å². The Hall–Kier alpha value is -2.30. The highest BCUT2D eigenvalue weighted by Crippen LogP contribution is 2.59. The number of hydrogen-bond acceptors (Lipinski definition) is 3. The van der Waals surface area contributed by atoms with Crippen molar-refractivity contribution in [2.24, 2.45) is 17.3 Å². The predicted molar refractivity (Wildman–Crippen MR) is 96.1 cm³/mol. The van der Waals surface area contributed by atoms with Crippen LogP contribution in [0.4, 0.5) is 11.4 Å². The number of ether oxygens (including phenoxy) is 1. The standard InChI is InChI=1S/C19H26N2O3/c1-11(2)9-14-17(19(14,4)5)18(23)21-15-10-13(20-12(3)22)7-8-16(15)24-6/h7-10,14,17H,1-6H3,(H,20,22)(H,21,23)/t14-,17+/m0/s1. The number of rotatable bonds is 5. The second-order valence-corrected chi connectivity index (χ2v) is 7.15. The van der Waals surface area contributed by atoms with E-state index in [1.54, 1.807) is 25.3 Å². The second kappa shape index (κ2) is 6.67. The topological polar surface area (TPSA) is 67.4 Å². The Balaban J connectivity index is 2.19. The number of anilines is 2. The Morgan fingerprint density at radius 2 is 1.83 bits per heavy atom. The Morgan fingerprint density at radius 1 is 1.17 bits per heavy atom. The molecule has 0 bridgehead atoms. The van der Waals surface area contributed by atoms with E-state index in [0.29, 0.717) is 17.1 Å². The molecular formula is C19H26N2O3. The molecule has 0 aliphatic heterocycles. The van der Waals surface area contributed by atoms with Gasteiger partial charge in [-0.1, -0.05) is 25.5 Å². The number of carbonyl (C=O) groups is 2. The van der Waals surface area contributed by atoms with Crippen molar-refractivity contribution in [1.82, 2.24) is 0 Å². The Labute approximate surface area is 143 Å². The minimum absolute atomic E-state index is 0.0271. The van der Waals surface area contributed by atoms with Crippen LogP contribution in [0, 0.1) is 17.3 Å². The molecule has 0 aromatic heterocycles. The molecule has 0 spiro atoms. The highest BCUT2D eigenvalue weighted by atomic mass is 16.5. The normalized spacial score (nSPS) is 20.8. The summed E-state index contributed by atoms with van der Waals surface area (Å²) >= 11 is 0. The maximum Gasteiger partial charge on any atom is 0.228 e. The van der Waals surface area contributed by atoms with Gasteiger partial charge < -0.3 is 15.4 Å². The molecular weight excluding hydrogens is 304 g/mol. The van der Waals surface area contributed by atoms with E-state index in [1.807, 2.05) is 13.8 Å². The maximum atomic E-state index is 12.7. The molecule has 0 radical (unpaired) electrons. The molecule has 1 aliphatic carbocycles. The van der Waals surface area contributed by atoms with Gasteiger partial charge in [-0.3, -0.25) is 9.59 Å². The SMILES string of the molecule is COc1ccc(NC(C)=O)cc1NC(=O)[C@H]1[C@H](C=C(C)C)C1(C)C. The molecule has 0 unspecified atom stereocenters. The van der Waals surface area contributed by atoms with Gasteiger partial charge in [0, 0.05) is 12.6 Å². The quantitative estimate of drug-likeness (QED) is 0.806. The highest BCUT2D eigenvalue weighted by molar-refractivity contribution is 5.98. The van der Waals surface area contributed by atoms with Gasteiger partial charge in [-0.25, -0.2) is 0 Å². The van der Waals surface area contributed by atoms with Crippen molar-refractivity contribution in [3.05, 3.63) is 29.8 Å². The van der Waals surface area contributed by atoms with Crippen LogP contribution in [0.25, 0.3) is 0 Å². The molecule has 0 saturated heterocycles. The van der Waals surface area contributed by atoms with Crippen molar-refractivity contribution in [2.75, 3.05) is 17.7 Å². The number of carbonyl (C=O) groups excluding carboxylic acids is 2. The van der Waals surface area contributed by atoms with Gasteiger partial charge in [0.15, 0.2) is 0 Å². The molecule has 130 valence electrons. The number of benzene rings is 1. The lowest BCUT2D eigenvalue weighted by molar-refractivity contribution is -0.118. The van der Waals surface area contributed by atoms with Crippen LogP contribution in [-0.2, 0) is 9.59 Å². The van der Waals surface area contributed by atoms with Gasteiger partial charge in [-0.2, -0.15) is 0 Å². The number of nitrogens with one attached hydrogen (secondary N) is 2. The molecule has 1 aromatic carbocycles. The fourth-order valence-corrected chi connectivity index (χ4v) is 3.15. The summed E-state index contributed by atoms with van der Waals surface area (Å²) in [6.45, 7) is 9.74.